The highest BCUT2D eigenvalue weighted by Gasteiger charge is 2.30. The van der Waals surface area contributed by atoms with Gasteiger partial charge in [-0.05, 0) is 43.3 Å². The van der Waals surface area contributed by atoms with E-state index in [1.54, 1.807) is 42.2 Å². The van der Waals surface area contributed by atoms with E-state index in [2.05, 4.69) is 5.10 Å². The quantitative estimate of drug-likeness (QED) is 0.329. The Morgan fingerprint density at radius 1 is 1.10 bits per heavy atom. The second-order valence-corrected chi connectivity index (χ2v) is 9.64. The fourth-order valence-electron chi connectivity index (χ4n) is 4.56. The molecule has 5 rings (SSSR count). The van der Waals surface area contributed by atoms with Gasteiger partial charge in [-0.25, -0.2) is 4.52 Å². The highest BCUT2D eigenvalue weighted by atomic mass is 35.5. The Labute approximate surface area is 226 Å². The Morgan fingerprint density at radius 2 is 1.79 bits per heavy atom. The molecule has 1 aliphatic heterocycles. The molecule has 1 aliphatic rings. The molecule has 1 fully saturated rings. The summed E-state index contributed by atoms with van der Waals surface area (Å²) in [7, 11) is 0. The van der Waals surface area contributed by atoms with E-state index in [0.717, 1.165) is 0 Å². The number of para-hydroxylation sites is 2. The molecular formula is C27H24ClF3N4O4. The van der Waals surface area contributed by atoms with Crippen molar-refractivity contribution in [2.45, 2.75) is 32.0 Å². The van der Waals surface area contributed by atoms with Crippen LogP contribution >= 0.6 is 11.6 Å². The van der Waals surface area contributed by atoms with E-state index in [-0.39, 0.29) is 34.5 Å². The number of nitrogens with zero attached hydrogens (tertiary/aromatic N) is 4. The first-order chi connectivity index (χ1) is 18.6. The first-order valence-electron chi connectivity index (χ1n) is 12.2. The van der Waals surface area contributed by atoms with Crippen LogP contribution in [0.1, 0.15) is 28.9 Å². The number of aryl methyl sites for hydroxylation is 1. The Balaban J connectivity index is 1.40. The lowest BCUT2D eigenvalue weighted by molar-refractivity contribution is -0.153. The molecular weight excluding hydrogens is 537 g/mol. The maximum Gasteiger partial charge on any atom is 0.422 e. The van der Waals surface area contributed by atoms with Gasteiger partial charge in [0, 0.05) is 37.2 Å². The zero-order chi connectivity index (χ0) is 27.7. The minimum absolute atomic E-state index is 0.0326. The molecule has 1 amide bonds. The van der Waals surface area contributed by atoms with Crippen molar-refractivity contribution < 1.29 is 27.4 Å². The maximum atomic E-state index is 13.6. The van der Waals surface area contributed by atoms with Crippen LogP contribution in [-0.4, -0.2) is 57.0 Å². The monoisotopic (exact) mass is 560 g/mol. The maximum absolute atomic E-state index is 13.6. The zero-order valence-corrected chi connectivity index (χ0v) is 21.6. The number of aromatic nitrogens is 3. The molecule has 0 saturated carbocycles. The van der Waals surface area contributed by atoms with Gasteiger partial charge >= 0.3 is 6.18 Å². The topological polar surface area (TPSA) is 78.1 Å². The van der Waals surface area contributed by atoms with Crippen molar-refractivity contribution >= 4 is 23.0 Å². The molecule has 0 N–H and O–H groups in total. The minimum atomic E-state index is -4.55. The van der Waals surface area contributed by atoms with Gasteiger partial charge in [0.25, 0.3) is 11.5 Å². The molecule has 39 heavy (non-hydrogen) atoms. The summed E-state index contributed by atoms with van der Waals surface area (Å²) in [6.45, 7) is 1.02. The summed E-state index contributed by atoms with van der Waals surface area (Å²) in [5, 5.41) is 4.85. The largest absolute Gasteiger partial charge is 0.490 e. The molecule has 2 aromatic carbocycles. The van der Waals surface area contributed by atoms with Gasteiger partial charge in [0.1, 0.15) is 23.1 Å². The van der Waals surface area contributed by atoms with E-state index in [1.165, 1.54) is 39.7 Å². The van der Waals surface area contributed by atoms with Crippen LogP contribution in [0.3, 0.4) is 0 Å². The number of piperidine rings is 1. The van der Waals surface area contributed by atoms with Gasteiger partial charge in [0.2, 0.25) is 0 Å². The van der Waals surface area contributed by atoms with Crippen molar-refractivity contribution in [2.24, 2.45) is 0 Å². The number of likely N-dealkylation sites (tertiary alicyclic amines) is 1. The molecule has 204 valence electrons. The van der Waals surface area contributed by atoms with Crippen LogP contribution in [-0.2, 0) is 0 Å². The SMILES string of the molecule is Cc1cn(-c2ccccc2OCC(F)(F)F)c(=O)c2c(C(=O)N3CCC(Oc4ccc(Cl)cc4)CC3)cnn12. The number of rotatable bonds is 6. The number of halogens is 4. The third-order valence-electron chi connectivity index (χ3n) is 6.43. The first kappa shape index (κ1) is 26.6. The number of amides is 1. The summed E-state index contributed by atoms with van der Waals surface area (Å²) >= 11 is 5.92. The zero-order valence-electron chi connectivity index (χ0n) is 20.8. The van der Waals surface area contributed by atoms with Gasteiger partial charge in [-0.1, -0.05) is 23.7 Å². The van der Waals surface area contributed by atoms with Gasteiger partial charge in [-0.3, -0.25) is 14.2 Å². The summed E-state index contributed by atoms with van der Waals surface area (Å²) in [6, 6.07) is 13.0. The highest BCUT2D eigenvalue weighted by molar-refractivity contribution is 6.30. The molecule has 0 radical (unpaired) electrons. The van der Waals surface area contributed by atoms with Gasteiger partial charge in [-0.2, -0.15) is 18.3 Å². The minimum Gasteiger partial charge on any atom is -0.490 e. The van der Waals surface area contributed by atoms with E-state index in [4.69, 9.17) is 21.1 Å². The van der Waals surface area contributed by atoms with Crippen LogP contribution in [0.2, 0.25) is 5.02 Å². The van der Waals surface area contributed by atoms with E-state index < -0.39 is 18.3 Å². The lowest BCUT2D eigenvalue weighted by Gasteiger charge is -2.32. The van der Waals surface area contributed by atoms with Crippen LogP contribution in [0.5, 0.6) is 11.5 Å². The van der Waals surface area contributed by atoms with E-state index in [9.17, 15) is 22.8 Å². The third kappa shape index (κ3) is 5.73. The number of fused-ring (bicyclic) bond motifs is 1. The number of hydrogen-bond acceptors (Lipinski definition) is 5. The molecule has 0 unspecified atom stereocenters. The number of ether oxygens (including phenoxy) is 2. The van der Waals surface area contributed by atoms with E-state index in [1.807, 2.05) is 0 Å². The average molecular weight is 561 g/mol. The molecule has 0 aliphatic carbocycles. The van der Waals surface area contributed by atoms with Crippen molar-refractivity contribution in [1.29, 1.82) is 0 Å². The summed E-state index contributed by atoms with van der Waals surface area (Å²) in [4.78, 5) is 28.7. The number of carbonyl (C=O) groups excluding carboxylic acids is 1. The first-order valence-corrected chi connectivity index (χ1v) is 12.6. The summed E-state index contributed by atoms with van der Waals surface area (Å²) < 4.78 is 51.9. The fourth-order valence-corrected chi connectivity index (χ4v) is 4.69. The molecule has 0 bridgehead atoms. The predicted octanol–water partition coefficient (Wildman–Crippen LogP) is 5.07. The third-order valence-corrected chi connectivity index (χ3v) is 6.68. The van der Waals surface area contributed by atoms with Crippen molar-refractivity contribution in [3.8, 4) is 17.2 Å². The fraction of sp³-hybridized carbons (Fsp3) is 0.296. The van der Waals surface area contributed by atoms with Crippen LogP contribution in [0.4, 0.5) is 13.2 Å². The van der Waals surface area contributed by atoms with Crippen LogP contribution in [0, 0.1) is 6.92 Å². The lowest BCUT2D eigenvalue weighted by atomic mass is 10.1. The van der Waals surface area contributed by atoms with E-state index in [0.29, 0.717) is 42.4 Å². The van der Waals surface area contributed by atoms with Crippen LogP contribution in [0.15, 0.2) is 65.7 Å². The van der Waals surface area contributed by atoms with Crippen molar-refractivity contribution in [2.75, 3.05) is 19.7 Å². The second-order valence-electron chi connectivity index (χ2n) is 9.20. The van der Waals surface area contributed by atoms with Crippen molar-refractivity contribution in [3.63, 3.8) is 0 Å². The molecule has 4 aromatic rings. The molecule has 1 saturated heterocycles. The van der Waals surface area contributed by atoms with Gasteiger partial charge < -0.3 is 14.4 Å². The number of alkyl halides is 3. The standard InChI is InChI=1S/C27H24ClF3N4O4/c1-17-15-34(22-4-2-3-5-23(22)38-16-27(29,30)31)26(37)24-21(14-32-35(17)24)25(36)33-12-10-20(11-13-33)39-19-8-6-18(28)7-9-19/h2-9,14-15,20H,10-13,16H2,1H3. The molecule has 0 spiro atoms. The molecule has 12 heteroatoms. The Kier molecular flexibility index (Phi) is 7.26. The Hall–Kier alpha value is -3.99. The van der Waals surface area contributed by atoms with Crippen LogP contribution in [0.25, 0.3) is 11.2 Å². The summed E-state index contributed by atoms with van der Waals surface area (Å²) in [6.07, 6.45) is -0.630. The smallest absolute Gasteiger partial charge is 0.422 e. The van der Waals surface area contributed by atoms with Crippen LogP contribution < -0.4 is 15.0 Å². The van der Waals surface area contributed by atoms with Gasteiger partial charge in [0.05, 0.1) is 23.1 Å². The number of benzene rings is 2. The molecule has 3 heterocycles. The Morgan fingerprint density at radius 3 is 2.49 bits per heavy atom. The number of hydrogen-bond donors (Lipinski definition) is 0. The van der Waals surface area contributed by atoms with Gasteiger partial charge in [-0.15, -0.1) is 0 Å². The molecule has 8 nitrogen and oxygen atoms in total. The summed E-state index contributed by atoms with van der Waals surface area (Å²) in [5.41, 5.74) is 0.167. The molecule has 2 aromatic heterocycles. The molecule has 0 atom stereocenters. The van der Waals surface area contributed by atoms with Crippen molar-refractivity contribution in [1.82, 2.24) is 19.1 Å². The number of carbonyl (C=O) groups is 1. The normalized spacial score (nSPS) is 14.5. The average Bonchev–Trinajstić information content (AvgIpc) is 3.37. The second kappa shape index (κ2) is 10.6. The van der Waals surface area contributed by atoms with Gasteiger partial charge in [0.15, 0.2) is 6.61 Å². The van der Waals surface area contributed by atoms with Crippen molar-refractivity contribution in [3.05, 3.63) is 87.6 Å². The predicted molar refractivity (Wildman–Crippen MR) is 138 cm³/mol. The Bertz CT molecular complexity index is 1560. The highest BCUT2D eigenvalue weighted by Crippen LogP contribution is 2.26. The van der Waals surface area contributed by atoms with E-state index >= 15 is 0 Å². The summed E-state index contributed by atoms with van der Waals surface area (Å²) in [5.74, 6) is 0.226. The lowest BCUT2D eigenvalue weighted by Crippen LogP contribution is -2.42.